The molecule has 0 amide bonds. The van der Waals surface area contributed by atoms with Crippen molar-refractivity contribution in [2.24, 2.45) is 10.7 Å². The SMILES string of the molecule is CCC(C(=O)C1C=C(O)C=C/C1=N\P(=O)(O)O)c1ccc(O)cc1. The van der Waals surface area contributed by atoms with E-state index in [1.54, 1.807) is 19.1 Å². The zero-order chi connectivity index (χ0) is 17.9. The molecule has 7 nitrogen and oxygen atoms in total. The van der Waals surface area contributed by atoms with Crippen LogP contribution in [-0.4, -0.2) is 31.5 Å². The first-order valence-electron chi connectivity index (χ1n) is 7.28. The highest BCUT2D eigenvalue weighted by molar-refractivity contribution is 7.50. The molecule has 0 bridgehead atoms. The van der Waals surface area contributed by atoms with Gasteiger partial charge in [0.25, 0.3) is 0 Å². The normalized spacial score (nSPS) is 20.7. The van der Waals surface area contributed by atoms with E-state index in [9.17, 15) is 19.6 Å². The molecule has 1 aromatic carbocycles. The molecule has 2 atom stereocenters. The maximum Gasteiger partial charge on any atom is 0.448 e. The molecule has 128 valence electrons. The molecule has 0 saturated carbocycles. The van der Waals surface area contributed by atoms with Crippen LogP contribution in [0.2, 0.25) is 0 Å². The lowest BCUT2D eigenvalue weighted by molar-refractivity contribution is -0.121. The molecule has 0 saturated heterocycles. The van der Waals surface area contributed by atoms with Crippen molar-refractivity contribution in [1.82, 2.24) is 0 Å². The van der Waals surface area contributed by atoms with E-state index in [4.69, 9.17) is 9.79 Å². The number of allylic oxidation sites excluding steroid dienone is 3. The summed E-state index contributed by atoms with van der Waals surface area (Å²) >= 11 is 0. The molecule has 0 aliphatic heterocycles. The van der Waals surface area contributed by atoms with Gasteiger partial charge in [-0.1, -0.05) is 19.1 Å². The van der Waals surface area contributed by atoms with Crippen LogP contribution in [0.25, 0.3) is 0 Å². The molecule has 4 N–H and O–H groups in total. The van der Waals surface area contributed by atoms with E-state index in [1.807, 2.05) is 0 Å². The van der Waals surface area contributed by atoms with Gasteiger partial charge in [0.15, 0.2) is 5.78 Å². The van der Waals surface area contributed by atoms with E-state index in [0.717, 1.165) is 0 Å². The third kappa shape index (κ3) is 4.41. The van der Waals surface area contributed by atoms with Gasteiger partial charge in [-0.05, 0) is 42.3 Å². The number of benzene rings is 1. The quantitative estimate of drug-likeness (QED) is 0.604. The topological polar surface area (TPSA) is 127 Å². The Balaban J connectivity index is 2.39. The average molecular weight is 351 g/mol. The summed E-state index contributed by atoms with van der Waals surface area (Å²) in [5.74, 6) is -2.05. The van der Waals surface area contributed by atoms with Gasteiger partial charge in [-0.15, -0.1) is 0 Å². The largest absolute Gasteiger partial charge is 0.508 e. The number of aromatic hydroxyl groups is 1. The van der Waals surface area contributed by atoms with E-state index in [1.165, 1.54) is 30.4 Å². The predicted octanol–water partition coefficient (Wildman–Crippen LogP) is 2.62. The minimum atomic E-state index is -4.71. The van der Waals surface area contributed by atoms with Crippen LogP contribution < -0.4 is 0 Å². The summed E-state index contributed by atoms with van der Waals surface area (Å²) in [4.78, 5) is 31.0. The third-order valence-corrected chi connectivity index (χ3v) is 4.17. The van der Waals surface area contributed by atoms with Gasteiger partial charge >= 0.3 is 7.75 Å². The Hall–Kier alpha value is -2.21. The highest BCUT2D eigenvalue weighted by Gasteiger charge is 2.31. The second kappa shape index (κ2) is 7.13. The fourth-order valence-electron chi connectivity index (χ4n) is 2.58. The molecule has 0 heterocycles. The number of phenolic OH excluding ortho intramolecular Hbond substituents is 1. The fourth-order valence-corrected chi connectivity index (χ4v) is 3.08. The number of nitrogens with zero attached hydrogens (tertiary/aromatic N) is 1. The van der Waals surface area contributed by atoms with Gasteiger partial charge in [0.2, 0.25) is 0 Å². The Morgan fingerprint density at radius 3 is 2.38 bits per heavy atom. The number of carbonyl (C=O) groups is 1. The summed E-state index contributed by atoms with van der Waals surface area (Å²) in [6.45, 7) is 1.80. The van der Waals surface area contributed by atoms with Crippen molar-refractivity contribution in [3.63, 3.8) is 0 Å². The summed E-state index contributed by atoms with van der Waals surface area (Å²) < 4.78 is 14.5. The number of aliphatic hydroxyl groups excluding tert-OH is 1. The minimum absolute atomic E-state index is 0.0722. The van der Waals surface area contributed by atoms with Gasteiger partial charge in [0.05, 0.1) is 11.6 Å². The van der Waals surface area contributed by atoms with Crippen LogP contribution in [-0.2, 0) is 9.36 Å². The monoisotopic (exact) mass is 351 g/mol. The van der Waals surface area contributed by atoms with Gasteiger partial charge in [-0.25, -0.2) is 4.57 Å². The standard InChI is InChI=1S/C16H18NO6P/c1-2-13(10-3-5-11(18)6-4-10)16(20)14-9-12(19)7-8-15(14)17-24(21,22)23/h3-9,13-14,18-19H,2H2,1H3,(H2,21,22,23)/b17-15+. The number of aliphatic hydroxyl groups is 1. The number of ketones is 1. The molecule has 0 fully saturated rings. The van der Waals surface area contributed by atoms with E-state index in [2.05, 4.69) is 4.76 Å². The van der Waals surface area contributed by atoms with Crippen LogP contribution in [0.15, 0.2) is 53.0 Å². The summed E-state index contributed by atoms with van der Waals surface area (Å²) in [5.41, 5.74) is 0.571. The Bertz CT molecular complexity index is 759. The predicted molar refractivity (Wildman–Crippen MR) is 89.0 cm³/mol. The molecule has 24 heavy (non-hydrogen) atoms. The Labute approximate surface area is 138 Å². The molecule has 1 aliphatic rings. The summed E-state index contributed by atoms with van der Waals surface area (Å²) in [6.07, 6.45) is 4.11. The second-order valence-electron chi connectivity index (χ2n) is 5.40. The molecule has 0 spiro atoms. The molecular weight excluding hydrogens is 333 g/mol. The van der Waals surface area contributed by atoms with Crippen LogP contribution in [0.4, 0.5) is 0 Å². The van der Waals surface area contributed by atoms with Gasteiger partial charge < -0.3 is 20.0 Å². The van der Waals surface area contributed by atoms with E-state index in [-0.39, 0.29) is 23.0 Å². The van der Waals surface area contributed by atoms with Crippen molar-refractivity contribution in [2.45, 2.75) is 19.3 Å². The summed E-state index contributed by atoms with van der Waals surface area (Å²) in [5, 5.41) is 19.0. The molecule has 0 aromatic heterocycles. The first-order valence-corrected chi connectivity index (χ1v) is 8.85. The van der Waals surface area contributed by atoms with Crippen LogP contribution >= 0.6 is 7.75 Å². The van der Waals surface area contributed by atoms with Crippen molar-refractivity contribution in [1.29, 1.82) is 0 Å². The minimum Gasteiger partial charge on any atom is -0.508 e. The van der Waals surface area contributed by atoms with Gasteiger partial charge in [0, 0.05) is 5.92 Å². The number of phenols is 1. The van der Waals surface area contributed by atoms with Crippen molar-refractivity contribution in [3.8, 4) is 5.75 Å². The molecule has 2 rings (SSSR count). The zero-order valence-electron chi connectivity index (χ0n) is 12.9. The highest BCUT2D eigenvalue weighted by Crippen LogP contribution is 2.39. The first-order chi connectivity index (χ1) is 11.2. The Morgan fingerprint density at radius 2 is 1.83 bits per heavy atom. The van der Waals surface area contributed by atoms with E-state index in [0.29, 0.717) is 12.0 Å². The van der Waals surface area contributed by atoms with Crippen LogP contribution in [0.3, 0.4) is 0 Å². The van der Waals surface area contributed by atoms with Gasteiger partial charge in [-0.3, -0.25) is 4.79 Å². The maximum atomic E-state index is 12.9. The number of hydrogen-bond donors (Lipinski definition) is 4. The number of Topliss-reactive ketones (excluding diaryl/α,β-unsaturated/α-hetero) is 1. The zero-order valence-corrected chi connectivity index (χ0v) is 13.8. The summed E-state index contributed by atoms with van der Waals surface area (Å²) in [7, 11) is -4.71. The second-order valence-corrected chi connectivity index (χ2v) is 6.62. The van der Waals surface area contributed by atoms with Crippen molar-refractivity contribution in [2.75, 3.05) is 0 Å². The molecular formula is C16H18NO6P. The highest BCUT2D eigenvalue weighted by atomic mass is 31.2. The van der Waals surface area contributed by atoms with Crippen molar-refractivity contribution in [3.05, 3.63) is 53.8 Å². The number of rotatable bonds is 5. The number of carbonyl (C=O) groups excluding carboxylic acids is 1. The van der Waals surface area contributed by atoms with Crippen LogP contribution in [0.5, 0.6) is 5.75 Å². The molecule has 8 heteroatoms. The van der Waals surface area contributed by atoms with Crippen LogP contribution in [0, 0.1) is 5.92 Å². The molecule has 2 unspecified atom stereocenters. The van der Waals surface area contributed by atoms with Crippen LogP contribution in [0.1, 0.15) is 24.8 Å². The smallest absolute Gasteiger partial charge is 0.448 e. The Morgan fingerprint density at radius 1 is 1.21 bits per heavy atom. The lowest BCUT2D eigenvalue weighted by Crippen LogP contribution is -2.28. The van der Waals surface area contributed by atoms with Gasteiger partial charge in [0.1, 0.15) is 11.5 Å². The molecule has 1 aliphatic carbocycles. The third-order valence-electron chi connectivity index (χ3n) is 3.68. The lowest BCUT2D eigenvalue weighted by Gasteiger charge is -2.22. The molecule has 1 aromatic rings. The van der Waals surface area contributed by atoms with E-state index >= 15 is 0 Å². The lowest BCUT2D eigenvalue weighted by atomic mass is 9.82. The van der Waals surface area contributed by atoms with E-state index < -0.39 is 19.6 Å². The van der Waals surface area contributed by atoms with Crippen molar-refractivity contribution >= 4 is 19.2 Å². The van der Waals surface area contributed by atoms with Crippen molar-refractivity contribution < 1.29 is 29.4 Å². The Kier molecular flexibility index (Phi) is 5.39. The number of hydrogen-bond acceptors (Lipinski definition) is 4. The molecule has 0 radical (unpaired) electrons. The summed E-state index contributed by atoms with van der Waals surface area (Å²) in [6, 6.07) is 6.15. The average Bonchev–Trinajstić information content (AvgIpc) is 2.50. The fraction of sp³-hybridized carbons (Fsp3) is 0.250. The van der Waals surface area contributed by atoms with Gasteiger partial charge in [-0.2, -0.15) is 4.76 Å². The maximum absolute atomic E-state index is 12.9. The first kappa shape index (κ1) is 18.1.